The molecule has 5 nitrogen and oxygen atoms in total. The maximum Gasteiger partial charge on any atom is 0.262 e. The second kappa shape index (κ2) is 9.18. The highest BCUT2D eigenvalue weighted by Crippen LogP contribution is 2.29. The highest BCUT2D eigenvalue weighted by atomic mass is 32.1. The molecule has 31 heavy (non-hydrogen) atoms. The predicted octanol–water partition coefficient (Wildman–Crippen LogP) is 4.86. The molecule has 0 saturated heterocycles. The number of aromatic amines is 1. The van der Waals surface area contributed by atoms with E-state index in [9.17, 15) is 9.59 Å². The summed E-state index contributed by atoms with van der Waals surface area (Å²) in [6.45, 7) is 4.97. The van der Waals surface area contributed by atoms with Crippen LogP contribution in [-0.4, -0.2) is 21.5 Å². The van der Waals surface area contributed by atoms with E-state index in [0.717, 1.165) is 24.8 Å². The van der Waals surface area contributed by atoms with Gasteiger partial charge < -0.3 is 10.3 Å². The van der Waals surface area contributed by atoms with Crippen molar-refractivity contribution in [2.75, 3.05) is 0 Å². The molecule has 162 valence electrons. The summed E-state index contributed by atoms with van der Waals surface area (Å²) in [5.74, 6) is 0.974. The van der Waals surface area contributed by atoms with E-state index in [4.69, 9.17) is 12.2 Å². The average Bonchev–Trinajstić information content (AvgIpc) is 2.77. The topological polar surface area (TPSA) is 66.9 Å². The smallest absolute Gasteiger partial charge is 0.262 e. The molecule has 1 amide bonds. The molecular weight excluding hydrogens is 406 g/mol. The third-order valence-corrected chi connectivity index (χ3v) is 7.06. The van der Waals surface area contributed by atoms with Crippen molar-refractivity contribution >= 4 is 29.0 Å². The van der Waals surface area contributed by atoms with Crippen LogP contribution in [-0.2, 0) is 13.0 Å². The van der Waals surface area contributed by atoms with Crippen molar-refractivity contribution in [2.24, 2.45) is 11.8 Å². The van der Waals surface area contributed by atoms with E-state index in [1.54, 1.807) is 22.8 Å². The summed E-state index contributed by atoms with van der Waals surface area (Å²) >= 11 is 5.46. The highest BCUT2D eigenvalue weighted by Gasteiger charge is 2.28. The summed E-state index contributed by atoms with van der Waals surface area (Å²) in [6.07, 6.45) is 4.10. The Bertz CT molecular complexity index is 1200. The van der Waals surface area contributed by atoms with Crippen molar-refractivity contribution in [2.45, 2.75) is 52.1 Å². The molecule has 3 atom stereocenters. The number of carbonyl (C=O) groups is 1. The molecule has 2 aromatic carbocycles. The van der Waals surface area contributed by atoms with Gasteiger partial charge in [0.2, 0.25) is 0 Å². The highest BCUT2D eigenvalue weighted by molar-refractivity contribution is 7.71. The Morgan fingerprint density at radius 2 is 1.94 bits per heavy atom. The average molecular weight is 436 g/mol. The number of rotatable bonds is 5. The van der Waals surface area contributed by atoms with Crippen LogP contribution >= 0.6 is 12.2 Å². The quantitative estimate of drug-likeness (QED) is 0.563. The molecule has 0 radical (unpaired) electrons. The lowest BCUT2D eigenvalue weighted by molar-refractivity contribution is 0.0891. The summed E-state index contributed by atoms with van der Waals surface area (Å²) in [5.41, 5.74) is 2.17. The first-order valence-electron chi connectivity index (χ1n) is 11.1. The van der Waals surface area contributed by atoms with Gasteiger partial charge in [0.25, 0.3) is 11.5 Å². The van der Waals surface area contributed by atoms with Crippen molar-refractivity contribution in [3.05, 3.63) is 74.8 Å². The molecule has 1 fully saturated rings. The molecule has 1 heterocycles. The zero-order valence-corrected chi connectivity index (χ0v) is 18.9. The van der Waals surface area contributed by atoms with E-state index in [0.29, 0.717) is 39.6 Å². The van der Waals surface area contributed by atoms with Crippen LogP contribution in [0.25, 0.3) is 10.9 Å². The third-order valence-electron chi connectivity index (χ3n) is 6.73. The second-order valence-corrected chi connectivity index (χ2v) is 9.12. The number of H-pyrrole nitrogens is 1. The monoisotopic (exact) mass is 435 g/mol. The van der Waals surface area contributed by atoms with Crippen LogP contribution in [0.4, 0.5) is 0 Å². The Labute approximate surface area is 187 Å². The van der Waals surface area contributed by atoms with Crippen molar-refractivity contribution in [1.82, 2.24) is 14.9 Å². The van der Waals surface area contributed by atoms with Gasteiger partial charge in [-0.3, -0.25) is 14.2 Å². The number of aryl methyl sites for hydroxylation is 1. The Hall–Kier alpha value is -2.73. The zero-order valence-electron chi connectivity index (χ0n) is 18.1. The lowest BCUT2D eigenvalue weighted by Crippen LogP contribution is -2.43. The van der Waals surface area contributed by atoms with Crippen LogP contribution in [0.15, 0.2) is 53.3 Å². The van der Waals surface area contributed by atoms with Gasteiger partial charge in [-0.05, 0) is 60.7 Å². The van der Waals surface area contributed by atoms with Crippen LogP contribution in [0.3, 0.4) is 0 Å². The van der Waals surface area contributed by atoms with E-state index >= 15 is 0 Å². The molecule has 4 rings (SSSR count). The zero-order chi connectivity index (χ0) is 22.0. The molecule has 0 unspecified atom stereocenters. The molecule has 6 heteroatoms. The molecule has 3 aromatic rings. The SMILES string of the molecule is C[C@@H]1[C@H](C)CCC[C@H]1NC(=O)c1ccc2c(=O)n(CCc3ccccc3)c(=S)[nH]c2c1. The summed E-state index contributed by atoms with van der Waals surface area (Å²) in [5, 5.41) is 3.74. The first-order chi connectivity index (χ1) is 14.9. The normalized spacial score (nSPS) is 21.2. The van der Waals surface area contributed by atoms with Gasteiger partial charge in [0.05, 0.1) is 10.9 Å². The Morgan fingerprint density at radius 1 is 1.16 bits per heavy atom. The van der Waals surface area contributed by atoms with Gasteiger partial charge >= 0.3 is 0 Å². The van der Waals surface area contributed by atoms with Crippen molar-refractivity contribution < 1.29 is 4.79 Å². The van der Waals surface area contributed by atoms with Crippen molar-refractivity contribution in [3.8, 4) is 0 Å². The molecule has 0 aliphatic heterocycles. The lowest BCUT2D eigenvalue weighted by atomic mass is 9.78. The van der Waals surface area contributed by atoms with Gasteiger partial charge in [-0.15, -0.1) is 0 Å². The molecule has 1 aliphatic rings. The Morgan fingerprint density at radius 3 is 2.71 bits per heavy atom. The van der Waals surface area contributed by atoms with Gasteiger partial charge in [0.15, 0.2) is 4.77 Å². The molecule has 1 aromatic heterocycles. The number of carbonyl (C=O) groups excluding carboxylic acids is 1. The maximum atomic E-state index is 13.0. The van der Waals surface area contributed by atoms with E-state index in [1.165, 1.54) is 6.42 Å². The fourth-order valence-electron chi connectivity index (χ4n) is 4.52. The molecular formula is C25H29N3O2S. The number of amides is 1. The molecule has 2 N–H and O–H groups in total. The van der Waals surface area contributed by atoms with Crippen LogP contribution in [0.1, 0.15) is 49.0 Å². The van der Waals surface area contributed by atoms with Gasteiger partial charge in [-0.25, -0.2) is 0 Å². The Kier molecular flexibility index (Phi) is 6.37. The fraction of sp³-hybridized carbons (Fsp3) is 0.400. The van der Waals surface area contributed by atoms with Crippen LogP contribution in [0, 0.1) is 16.6 Å². The number of hydrogen-bond donors (Lipinski definition) is 2. The molecule has 0 spiro atoms. The minimum atomic E-state index is -0.128. The van der Waals surface area contributed by atoms with Gasteiger partial charge in [-0.2, -0.15) is 0 Å². The van der Waals surface area contributed by atoms with E-state index in [-0.39, 0.29) is 17.5 Å². The number of nitrogens with zero attached hydrogens (tertiary/aromatic N) is 1. The van der Waals surface area contributed by atoms with Gasteiger partial charge in [-0.1, -0.05) is 57.0 Å². The van der Waals surface area contributed by atoms with E-state index in [1.807, 2.05) is 30.3 Å². The summed E-state index contributed by atoms with van der Waals surface area (Å²) in [7, 11) is 0. The number of nitrogens with one attached hydrogen (secondary N) is 2. The minimum Gasteiger partial charge on any atom is -0.349 e. The van der Waals surface area contributed by atoms with Crippen LogP contribution in [0.2, 0.25) is 0 Å². The molecule has 1 aliphatic carbocycles. The third kappa shape index (κ3) is 4.64. The summed E-state index contributed by atoms with van der Waals surface area (Å²) < 4.78 is 1.97. The number of fused-ring (bicyclic) bond motifs is 1. The lowest BCUT2D eigenvalue weighted by Gasteiger charge is -2.34. The standard InChI is InChI=1S/C25H29N3O2S/c1-16-7-6-10-21(17(16)2)26-23(29)19-11-12-20-22(15-19)27-25(31)28(24(20)30)14-13-18-8-4-3-5-9-18/h3-5,8-9,11-12,15-17,21H,6-7,10,13-14H2,1-2H3,(H,26,29)(H,27,31)/t16-,17-,21-/m1/s1. The molecule has 0 bridgehead atoms. The predicted molar refractivity (Wildman–Crippen MR) is 127 cm³/mol. The number of hydrogen-bond acceptors (Lipinski definition) is 3. The fourth-order valence-corrected chi connectivity index (χ4v) is 4.81. The number of benzene rings is 2. The van der Waals surface area contributed by atoms with E-state index in [2.05, 4.69) is 24.1 Å². The van der Waals surface area contributed by atoms with Gasteiger partial charge in [0.1, 0.15) is 0 Å². The summed E-state index contributed by atoms with van der Waals surface area (Å²) in [4.78, 5) is 29.0. The minimum absolute atomic E-state index is 0.0968. The number of aromatic nitrogens is 2. The first kappa shape index (κ1) is 21.5. The first-order valence-corrected chi connectivity index (χ1v) is 11.5. The van der Waals surface area contributed by atoms with E-state index < -0.39 is 0 Å². The molecule has 1 saturated carbocycles. The largest absolute Gasteiger partial charge is 0.349 e. The second-order valence-electron chi connectivity index (χ2n) is 8.73. The van der Waals surface area contributed by atoms with Gasteiger partial charge in [0, 0.05) is 18.2 Å². The summed E-state index contributed by atoms with van der Waals surface area (Å²) in [6, 6.07) is 15.4. The van der Waals surface area contributed by atoms with Crippen LogP contribution in [0.5, 0.6) is 0 Å². The Balaban J connectivity index is 1.56. The van der Waals surface area contributed by atoms with Crippen LogP contribution < -0.4 is 10.9 Å². The van der Waals surface area contributed by atoms with Crippen molar-refractivity contribution in [1.29, 1.82) is 0 Å². The van der Waals surface area contributed by atoms with Crippen molar-refractivity contribution in [3.63, 3.8) is 0 Å². The maximum absolute atomic E-state index is 13.0.